The van der Waals surface area contributed by atoms with Gasteiger partial charge >= 0.3 is 0 Å². The zero-order valence-corrected chi connectivity index (χ0v) is 6.94. The largest absolute Gasteiger partial charge is 0.328 e. The summed E-state index contributed by atoms with van der Waals surface area (Å²) in [6, 6.07) is 0.275. The highest BCUT2D eigenvalue weighted by Crippen LogP contribution is 2.13. The second kappa shape index (κ2) is 3.48. The summed E-state index contributed by atoms with van der Waals surface area (Å²) in [5, 5.41) is 4.03. The van der Waals surface area contributed by atoms with Crippen molar-refractivity contribution in [3.8, 4) is 0 Å². The lowest BCUT2D eigenvalue weighted by Gasteiger charge is -2.18. The predicted molar refractivity (Wildman–Crippen MR) is 43.0 cm³/mol. The Hall–Kier alpha value is -0.900. The van der Waals surface area contributed by atoms with Crippen LogP contribution in [0.3, 0.4) is 0 Å². The normalized spacial score (nSPS) is 13.8. The zero-order chi connectivity index (χ0) is 8.27. The Labute approximate surface area is 66.4 Å². The number of hydrogen-bond acceptors (Lipinski definition) is 3. The van der Waals surface area contributed by atoms with Gasteiger partial charge in [-0.25, -0.2) is 9.67 Å². The van der Waals surface area contributed by atoms with Gasteiger partial charge in [0.2, 0.25) is 0 Å². The number of hydrogen-bond donors (Lipinski definition) is 1. The monoisotopic (exact) mass is 154 g/mol. The van der Waals surface area contributed by atoms with Crippen LogP contribution in [0.2, 0.25) is 0 Å². The van der Waals surface area contributed by atoms with Gasteiger partial charge in [-0.15, -0.1) is 0 Å². The molecule has 1 rings (SSSR count). The summed E-state index contributed by atoms with van der Waals surface area (Å²) in [5.41, 5.74) is 5.58. The summed E-state index contributed by atoms with van der Waals surface area (Å²) in [6.07, 6.45) is 3.24. The van der Waals surface area contributed by atoms with E-state index in [1.807, 2.05) is 4.68 Å². The van der Waals surface area contributed by atoms with Gasteiger partial charge in [-0.05, 0) is 5.92 Å². The molecule has 1 atom stereocenters. The van der Waals surface area contributed by atoms with E-state index in [0.717, 1.165) is 0 Å². The summed E-state index contributed by atoms with van der Waals surface area (Å²) < 4.78 is 1.81. The van der Waals surface area contributed by atoms with E-state index in [2.05, 4.69) is 23.9 Å². The molecule has 0 fully saturated rings. The topological polar surface area (TPSA) is 56.7 Å². The lowest BCUT2D eigenvalue weighted by Crippen LogP contribution is -2.24. The van der Waals surface area contributed by atoms with Gasteiger partial charge in [-0.3, -0.25) is 0 Å². The standard InChI is InChI=1S/C7H14N4/c1-6(2)7(3-8)11-5-9-4-10-11/h4-7H,3,8H2,1-2H3. The van der Waals surface area contributed by atoms with Crippen molar-refractivity contribution in [3.05, 3.63) is 12.7 Å². The van der Waals surface area contributed by atoms with Crippen molar-refractivity contribution >= 4 is 0 Å². The smallest absolute Gasteiger partial charge is 0.137 e. The van der Waals surface area contributed by atoms with Crippen molar-refractivity contribution in [2.75, 3.05) is 6.54 Å². The molecule has 0 saturated heterocycles. The number of nitrogens with zero attached hydrogens (tertiary/aromatic N) is 3. The summed E-state index contributed by atoms with van der Waals surface area (Å²) in [5.74, 6) is 0.502. The molecule has 11 heavy (non-hydrogen) atoms. The molecular formula is C7H14N4. The highest BCUT2D eigenvalue weighted by molar-refractivity contribution is 4.71. The summed E-state index contributed by atoms with van der Waals surface area (Å²) in [6.45, 7) is 4.86. The highest BCUT2D eigenvalue weighted by Gasteiger charge is 2.12. The Morgan fingerprint density at radius 3 is 2.64 bits per heavy atom. The first-order valence-electron chi connectivity index (χ1n) is 3.80. The zero-order valence-electron chi connectivity index (χ0n) is 6.94. The SMILES string of the molecule is CC(C)C(CN)n1cncn1. The molecule has 0 aliphatic heterocycles. The Kier molecular flexibility index (Phi) is 2.59. The second-order valence-corrected chi connectivity index (χ2v) is 2.92. The molecule has 0 bridgehead atoms. The van der Waals surface area contributed by atoms with E-state index >= 15 is 0 Å². The third-order valence-corrected chi connectivity index (χ3v) is 1.79. The Balaban J connectivity index is 2.71. The van der Waals surface area contributed by atoms with E-state index in [9.17, 15) is 0 Å². The third-order valence-electron chi connectivity index (χ3n) is 1.79. The van der Waals surface area contributed by atoms with Crippen LogP contribution in [0, 0.1) is 5.92 Å². The Morgan fingerprint density at radius 1 is 1.55 bits per heavy atom. The maximum Gasteiger partial charge on any atom is 0.137 e. The molecule has 0 aliphatic carbocycles. The van der Waals surface area contributed by atoms with Crippen LogP contribution in [0.4, 0.5) is 0 Å². The van der Waals surface area contributed by atoms with E-state index < -0.39 is 0 Å². The average molecular weight is 154 g/mol. The quantitative estimate of drug-likeness (QED) is 0.687. The van der Waals surface area contributed by atoms with Crippen LogP contribution in [0.25, 0.3) is 0 Å². The van der Waals surface area contributed by atoms with Gasteiger partial charge in [0, 0.05) is 6.54 Å². The van der Waals surface area contributed by atoms with Crippen molar-refractivity contribution in [1.29, 1.82) is 0 Å². The molecular weight excluding hydrogens is 140 g/mol. The maximum atomic E-state index is 5.58. The van der Waals surface area contributed by atoms with E-state index in [1.54, 1.807) is 6.33 Å². The molecule has 0 aliphatic rings. The average Bonchev–Trinajstić information content (AvgIpc) is 2.40. The van der Waals surface area contributed by atoms with Crippen LogP contribution < -0.4 is 5.73 Å². The van der Waals surface area contributed by atoms with Gasteiger partial charge in [0.15, 0.2) is 0 Å². The molecule has 62 valence electrons. The van der Waals surface area contributed by atoms with Crippen LogP contribution in [0.15, 0.2) is 12.7 Å². The first kappa shape index (κ1) is 8.20. The van der Waals surface area contributed by atoms with Crippen LogP contribution in [0.1, 0.15) is 19.9 Å². The van der Waals surface area contributed by atoms with E-state index in [-0.39, 0.29) is 6.04 Å². The summed E-state index contributed by atoms with van der Waals surface area (Å²) in [4.78, 5) is 3.87. The lowest BCUT2D eigenvalue weighted by molar-refractivity contribution is 0.354. The van der Waals surface area contributed by atoms with Crippen molar-refractivity contribution in [2.24, 2.45) is 11.7 Å². The molecule has 2 N–H and O–H groups in total. The van der Waals surface area contributed by atoms with E-state index in [1.165, 1.54) is 6.33 Å². The van der Waals surface area contributed by atoms with Gasteiger partial charge in [0.25, 0.3) is 0 Å². The van der Waals surface area contributed by atoms with Crippen LogP contribution >= 0.6 is 0 Å². The fraction of sp³-hybridized carbons (Fsp3) is 0.714. The third kappa shape index (κ3) is 1.77. The minimum absolute atomic E-state index is 0.275. The maximum absolute atomic E-state index is 5.58. The fourth-order valence-corrected chi connectivity index (χ4v) is 1.07. The minimum Gasteiger partial charge on any atom is -0.328 e. The lowest BCUT2D eigenvalue weighted by atomic mass is 10.1. The van der Waals surface area contributed by atoms with Crippen molar-refractivity contribution < 1.29 is 0 Å². The molecule has 4 nitrogen and oxygen atoms in total. The first-order valence-corrected chi connectivity index (χ1v) is 3.80. The van der Waals surface area contributed by atoms with Crippen molar-refractivity contribution in [3.63, 3.8) is 0 Å². The number of rotatable bonds is 3. The summed E-state index contributed by atoms with van der Waals surface area (Å²) >= 11 is 0. The van der Waals surface area contributed by atoms with Gasteiger partial charge in [-0.2, -0.15) is 5.10 Å². The van der Waals surface area contributed by atoms with E-state index in [4.69, 9.17) is 5.73 Å². The van der Waals surface area contributed by atoms with Gasteiger partial charge in [0.05, 0.1) is 6.04 Å². The molecule has 1 aromatic rings. The summed E-state index contributed by atoms with van der Waals surface area (Å²) in [7, 11) is 0. The molecule has 0 saturated carbocycles. The van der Waals surface area contributed by atoms with Crippen LogP contribution in [-0.4, -0.2) is 21.3 Å². The molecule has 1 aromatic heterocycles. The van der Waals surface area contributed by atoms with Crippen LogP contribution in [0.5, 0.6) is 0 Å². The molecule has 0 aromatic carbocycles. The van der Waals surface area contributed by atoms with Crippen molar-refractivity contribution in [2.45, 2.75) is 19.9 Å². The number of nitrogens with two attached hydrogens (primary N) is 1. The van der Waals surface area contributed by atoms with Crippen LogP contribution in [-0.2, 0) is 0 Å². The molecule has 0 amide bonds. The molecule has 0 spiro atoms. The second-order valence-electron chi connectivity index (χ2n) is 2.92. The van der Waals surface area contributed by atoms with Gasteiger partial charge < -0.3 is 5.73 Å². The van der Waals surface area contributed by atoms with Gasteiger partial charge in [-0.1, -0.05) is 13.8 Å². The molecule has 4 heteroatoms. The first-order chi connectivity index (χ1) is 5.25. The molecule has 1 heterocycles. The van der Waals surface area contributed by atoms with Crippen molar-refractivity contribution in [1.82, 2.24) is 14.8 Å². The fourth-order valence-electron chi connectivity index (χ4n) is 1.07. The Morgan fingerprint density at radius 2 is 2.27 bits per heavy atom. The van der Waals surface area contributed by atoms with Gasteiger partial charge in [0.1, 0.15) is 12.7 Å². The minimum atomic E-state index is 0.275. The molecule has 1 unspecified atom stereocenters. The molecule has 0 radical (unpaired) electrons. The van der Waals surface area contributed by atoms with E-state index in [0.29, 0.717) is 12.5 Å². The number of aromatic nitrogens is 3. The Bertz CT molecular complexity index is 192. The predicted octanol–water partition coefficient (Wildman–Crippen LogP) is 0.434. The highest BCUT2D eigenvalue weighted by atomic mass is 15.3.